The maximum absolute atomic E-state index is 13.0. The van der Waals surface area contributed by atoms with Gasteiger partial charge in [0.15, 0.2) is 0 Å². The Morgan fingerprint density at radius 2 is 2.26 bits per heavy atom. The van der Waals surface area contributed by atoms with Gasteiger partial charge < -0.3 is 5.32 Å². The number of nitrogens with zero attached hydrogens (tertiary/aromatic N) is 1. The zero-order valence-corrected chi connectivity index (χ0v) is 12.7. The van der Waals surface area contributed by atoms with Crippen LogP contribution in [0.25, 0.3) is 0 Å². The van der Waals surface area contributed by atoms with Crippen molar-refractivity contribution < 1.29 is 4.39 Å². The summed E-state index contributed by atoms with van der Waals surface area (Å²) in [5.41, 5.74) is 1.01. The van der Waals surface area contributed by atoms with Crippen molar-refractivity contribution in [3.05, 3.63) is 34.6 Å². The van der Waals surface area contributed by atoms with Crippen LogP contribution in [0, 0.1) is 5.82 Å². The van der Waals surface area contributed by atoms with Crippen LogP contribution in [-0.2, 0) is 6.54 Å². The molecule has 1 unspecified atom stereocenters. The minimum Gasteiger partial charge on any atom is -0.315 e. The van der Waals surface area contributed by atoms with E-state index in [1.54, 1.807) is 6.07 Å². The first-order valence-corrected chi connectivity index (χ1v) is 6.97. The summed E-state index contributed by atoms with van der Waals surface area (Å²) in [4.78, 5) is 2.44. The van der Waals surface area contributed by atoms with E-state index in [-0.39, 0.29) is 18.2 Å². The zero-order valence-electron chi connectivity index (χ0n) is 11.2. The van der Waals surface area contributed by atoms with Gasteiger partial charge in [0.2, 0.25) is 0 Å². The van der Waals surface area contributed by atoms with Crippen LogP contribution in [0.4, 0.5) is 4.39 Å². The normalized spacial score (nSPS) is 18.6. The Morgan fingerprint density at radius 3 is 2.84 bits per heavy atom. The van der Waals surface area contributed by atoms with Crippen LogP contribution in [-0.4, -0.2) is 30.6 Å². The summed E-state index contributed by atoms with van der Waals surface area (Å²) in [5.74, 6) is -0.270. The second-order valence-corrected chi connectivity index (χ2v) is 5.26. The number of halogens is 3. The molecule has 1 saturated heterocycles. The summed E-state index contributed by atoms with van der Waals surface area (Å²) < 4.78 is 13.0. The van der Waals surface area contributed by atoms with Crippen molar-refractivity contribution in [2.24, 2.45) is 0 Å². The monoisotopic (exact) mass is 306 g/mol. The molecule has 0 radical (unpaired) electrons. The summed E-state index contributed by atoms with van der Waals surface area (Å²) in [5, 5.41) is 3.92. The molecule has 2 nitrogen and oxygen atoms in total. The van der Waals surface area contributed by atoms with Crippen LogP contribution in [0.15, 0.2) is 18.2 Å². The van der Waals surface area contributed by atoms with Gasteiger partial charge in [0.1, 0.15) is 5.82 Å². The summed E-state index contributed by atoms with van der Waals surface area (Å²) in [6, 6.07) is 5.25. The molecule has 108 valence electrons. The highest BCUT2D eigenvalue weighted by Crippen LogP contribution is 2.21. The molecule has 0 bridgehead atoms. The minimum atomic E-state index is -0.270. The molecule has 1 aromatic rings. The maximum Gasteiger partial charge on any atom is 0.124 e. The van der Waals surface area contributed by atoms with E-state index < -0.39 is 0 Å². The van der Waals surface area contributed by atoms with E-state index in [9.17, 15) is 4.39 Å². The molecule has 0 amide bonds. The molecular weight excluding hydrogens is 286 g/mol. The highest BCUT2D eigenvalue weighted by atomic mass is 35.5. The summed E-state index contributed by atoms with van der Waals surface area (Å²) in [7, 11) is 0. The number of hydrogen-bond acceptors (Lipinski definition) is 2. The molecule has 0 aliphatic carbocycles. The average Bonchev–Trinajstić information content (AvgIpc) is 2.85. The van der Waals surface area contributed by atoms with Gasteiger partial charge in [0.05, 0.1) is 0 Å². The van der Waals surface area contributed by atoms with Gasteiger partial charge in [-0.15, -0.1) is 12.4 Å². The SMILES string of the molecule is CCCN(Cc1ccc(F)cc1Cl)C1CCNC1.Cl. The van der Waals surface area contributed by atoms with Crippen molar-refractivity contribution in [2.75, 3.05) is 19.6 Å². The van der Waals surface area contributed by atoms with Gasteiger partial charge in [0.25, 0.3) is 0 Å². The van der Waals surface area contributed by atoms with Gasteiger partial charge in [-0.3, -0.25) is 4.90 Å². The van der Waals surface area contributed by atoms with Gasteiger partial charge in [-0.2, -0.15) is 0 Å². The summed E-state index contributed by atoms with van der Waals surface area (Å²) >= 11 is 6.10. The molecule has 1 aromatic carbocycles. The molecule has 1 fully saturated rings. The van der Waals surface area contributed by atoms with Crippen LogP contribution in [0.5, 0.6) is 0 Å². The molecular formula is C14H21Cl2FN2. The third-order valence-corrected chi connectivity index (χ3v) is 3.80. The molecule has 2 rings (SSSR count). The molecule has 0 aromatic heterocycles. The highest BCUT2D eigenvalue weighted by Gasteiger charge is 2.22. The summed E-state index contributed by atoms with van der Waals surface area (Å²) in [6.45, 7) is 6.17. The van der Waals surface area contributed by atoms with Crippen LogP contribution >= 0.6 is 24.0 Å². The average molecular weight is 307 g/mol. The topological polar surface area (TPSA) is 15.3 Å². The number of hydrogen-bond donors (Lipinski definition) is 1. The lowest BCUT2D eigenvalue weighted by molar-refractivity contribution is 0.199. The van der Waals surface area contributed by atoms with Crippen molar-refractivity contribution in [1.29, 1.82) is 0 Å². The van der Waals surface area contributed by atoms with E-state index in [2.05, 4.69) is 17.1 Å². The Morgan fingerprint density at radius 1 is 1.47 bits per heavy atom. The number of rotatable bonds is 5. The fourth-order valence-corrected chi connectivity index (χ4v) is 2.72. The summed E-state index contributed by atoms with van der Waals surface area (Å²) in [6.07, 6.45) is 2.30. The molecule has 1 heterocycles. The first-order valence-electron chi connectivity index (χ1n) is 6.59. The largest absolute Gasteiger partial charge is 0.315 e. The van der Waals surface area contributed by atoms with E-state index in [4.69, 9.17) is 11.6 Å². The minimum absolute atomic E-state index is 0. The predicted octanol–water partition coefficient (Wildman–Crippen LogP) is 3.47. The first kappa shape index (κ1) is 16.7. The molecule has 1 aliphatic rings. The van der Waals surface area contributed by atoms with E-state index in [1.807, 2.05) is 0 Å². The Labute approximate surface area is 125 Å². The highest BCUT2D eigenvalue weighted by molar-refractivity contribution is 6.31. The third kappa shape index (κ3) is 4.60. The Hall–Kier alpha value is -0.350. The molecule has 19 heavy (non-hydrogen) atoms. The molecule has 0 saturated carbocycles. The molecule has 0 spiro atoms. The van der Waals surface area contributed by atoms with E-state index in [1.165, 1.54) is 18.6 Å². The number of benzene rings is 1. The van der Waals surface area contributed by atoms with Gasteiger partial charge >= 0.3 is 0 Å². The Kier molecular flexibility index (Phi) is 7.08. The predicted molar refractivity (Wildman–Crippen MR) is 80.6 cm³/mol. The fraction of sp³-hybridized carbons (Fsp3) is 0.571. The van der Waals surface area contributed by atoms with Gasteiger partial charge in [-0.1, -0.05) is 24.6 Å². The van der Waals surface area contributed by atoms with Crippen LogP contribution in [0.2, 0.25) is 5.02 Å². The van der Waals surface area contributed by atoms with E-state index in [0.29, 0.717) is 11.1 Å². The second kappa shape index (κ2) is 8.05. The van der Waals surface area contributed by atoms with Gasteiger partial charge in [0, 0.05) is 24.2 Å². The van der Waals surface area contributed by atoms with E-state index in [0.717, 1.165) is 38.2 Å². The van der Waals surface area contributed by atoms with Crippen LogP contribution < -0.4 is 5.32 Å². The third-order valence-electron chi connectivity index (χ3n) is 3.45. The van der Waals surface area contributed by atoms with Crippen molar-refractivity contribution in [1.82, 2.24) is 10.2 Å². The fourth-order valence-electron chi connectivity index (χ4n) is 2.50. The quantitative estimate of drug-likeness (QED) is 0.896. The van der Waals surface area contributed by atoms with Crippen molar-refractivity contribution in [3.63, 3.8) is 0 Å². The van der Waals surface area contributed by atoms with Crippen molar-refractivity contribution in [3.8, 4) is 0 Å². The van der Waals surface area contributed by atoms with Crippen LogP contribution in [0.1, 0.15) is 25.3 Å². The Bertz CT molecular complexity index is 395. The molecule has 1 N–H and O–H groups in total. The zero-order chi connectivity index (χ0) is 13.0. The maximum atomic E-state index is 13.0. The van der Waals surface area contributed by atoms with Crippen molar-refractivity contribution in [2.45, 2.75) is 32.4 Å². The smallest absolute Gasteiger partial charge is 0.124 e. The molecule has 1 aliphatic heterocycles. The molecule has 1 atom stereocenters. The van der Waals surface area contributed by atoms with Crippen LogP contribution in [0.3, 0.4) is 0 Å². The van der Waals surface area contributed by atoms with Gasteiger partial charge in [-0.05, 0) is 43.6 Å². The van der Waals surface area contributed by atoms with Gasteiger partial charge in [-0.25, -0.2) is 4.39 Å². The van der Waals surface area contributed by atoms with Crippen molar-refractivity contribution >= 4 is 24.0 Å². The standard InChI is InChI=1S/C14H20ClFN2.ClH/c1-2-7-18(13-5-6-17-9-13)10-11-3-4-12(16)8-14(11)15;/h3-4,8,13,17H,2,5-7,9-10H2,1H3;1H. The lowest BCUT2D eigenvalue weighted by atomic mass is 10.1. The Balaban J connectivity index is 0.00000180. The lowest BCUT2D eigenvalue weighted by Gasteiger charge is -2.28. The van der Waals surface area contributed by atoms with E-state index >= 15 is 0 Å². The first-order chi connectivity index (χ1) is 8.70. The second-order valence-electron chi connectivity index (χ2n) is 4.85. The lowest BCUT2D eigenvalue weighted by Crippen LogP contribution is -2.37. The molecule has 5 heteroatoms. The number of nitrogens with one attached hydrogen (secondary N) is 1.